The third-order valence-corrected chi connectivity index (χ3v) is 2.00. The highest BCUT2D eigenvalue weighted by atomic mass is 16.4. The number of carbonyl (C=O) groups is 1. The van der Waals surface area contributed by atoms with Crippen molar-refractivity contribution in [3.05, 3.63) is 41.5 Å². The summed E-state index contributed by atoms with van der Waals surface area (Å²) in [5.41, 5.74) is 7.11. The molecule has 0 fully saturated rings. The molecule has 0 radical (unpaired) electrons. The van der Waals surface area contributed by atoms with E-state index in [1.807, 2.05) is 0 Å². The second kappa shape index (κ2) is 5.29. The Kier molecular flexibility index (Phi) is 4.03. The zero-order valence-electron chi connectivity index (χ0n) is 8.13. The van der Waals surface area contributed by atoms with E-state index in [4.69, 9.17) is 15.9 Å². The molecule has 0 saturated heterocycles. The zero-order valence-corrected chi connectivity index (χ0v) is 8.13. The smallest absolute Gasteiger partial charge is 0.328 e. The highest BCUT2D eigenvalue weighted by Gasteiger charge is 2.07. The van der Waals surface area contributed by atoms with E-state index in [-0.39, 0.29) is 6.61 Å². The lowest BCUT2D eigenvalue weighted by molar-refractivity contribution is -0.131. The zero-order chi connectivity index (χ0) is 11.3. The van der Waals surface area contributed by atoms with Gasteiger partial charge < -0.3 is 15.9 Å². The van der Waals surface area contributed by atoms with Crippen molar-refractivity contribution in [3.8, 4) is 0 Å². The van der Waals surface area contributed by atoms with Crippen molar-refractivity contribution in [1.29, 1.82) is 0 Å². The molecule has 0 unspecified atom stereocenters. The normalized spacial score (nSPS) is 12.9. The number of aliphatic hydroxyl groups excluding tert-OH is 1. The monoisotopic (exact) mass is 207 g/mol. The molecule has 15 heavy (non-hydrogen) atoms. The fourth-order valence-corrected chi connectivity index (χ4v) is 1.26. The second-order valence-electron chi connectivity index (χ2n) is 3.09. The van der Waals surface area contributed by atoms with E-state index in [1.165, 1.54) is 6.08 Å². The fraction of sp³-hybridized carbons (Fsp3) is 0.182. The first-order valence-electron chi connectivity index (χ1n) is 4.51. The number of aliphatic carboxylic acids is 1. The van der Waals surface area contributed by atoms with Crippen molar-refractivity contribution in [3.63, 3.8) is 0 Å². The molecule has 0 aliphatic heterocycles. The van der Waals surface area contributed by atoms with Crippen molar-refractivity contribution in [2.45, 2.75) is 6.04 Å². The van der Waals surface area contributed by atoms with Crippen molar-refractivity contribution < 1.29 is 15.0 Å². The van der Waals surface area contributed by atoms with Gasteiger partial charge in [0.2, 0.25) is 0 Å². The molecule has 4 nitrogen and oxygen atoms in total. The van der Waals surface area contributed by atoms with Gasteiger partial charge in [0, 0.05) is 6.08 Å². The van der Waals surface area contributed by atoms with Gasteiger partial charge in [-0.05, 0) is 17.2 Å². The fourth-order valence-electron chi connectivity index (χ4n) is 1.26. The van der Waals surface area contributed by atoms with Crippen LogP contribution in [0.3, 0.4) is 0 Å². The average molecular weight is 207 g/mol. The Morgan fingerprint density at radius 3 is 2.73 bits per heavy atom. The maximum Gasteiger partial charge on any atom is 0.328 e. The lowest BCUT2D eigenvalue weighted by Gasteiger charge is -2.11. The van der Waals surface area contributed by atoms with Crippen molar-refractivity contribution in [2.24, 2.45) is 5.73 Å². The van der Waals surface area contributed by atoms with Gasteiger partial charge in [-0.25, -0.2) is 4.79 Å². The Balaban J connectivity index is 3.01. The van der Waals surface area contributed by atoms with E-state index in [0.717, 1.165) is 11.6 Å². The minimum atomic E-state index is -1.01. The summed E-state index contributed by atoms with van der Waals surface area (Å²) in [6, 6.07) is 6.62. The van der Waals surface area contributed by atoms with E-state index in [2.05, 4.69) is 0 Å². The minimum Gasteiger partial charge on any atom is -0.478 e. The summed E-state index contributed by atoms with van der Waals surface area (Å²) >= 11 is 0. The first kappa shape index (κ1) is 11.4. The Morgan fingerprint density at radius 2 is 2.13 bits per heavy atom. The molecule has 1 atom stereocenters. The number of carboxylic acid groups (broad SMARTS) is 1. The summed E-state index contributed by atoms with van der Waals surface area (Å²) < 4.78 is 0. The van der Waals surface area contributed by atoms with Crippen LogP contribution in [-0.4, -0.2) is 22.8 Å². The number of rotatable bonds is 4. The molecule has 0 spiro atoms. The lowest BCUT2D eigenvalue weighted by atomic mass is 10.0. The van der Waals surface area contributed by atoms with Gasteiger partial charge in [-0.1, -0.05) is 24.3 Å². The molecule has 0 heterocycles. The lowest BCUT2D eigenvalue weighted by Crippen LogP contribution is -2.15. The van der Waals surface area contributed by atoms with Crippen LogP contribution < -0.4 is 5.73 Å². The predicted molar refractivity (Wildman–Crippen MR) is 57.1 cm³/mol. The van der Waals surface area contributed by atoms with E-state index in [0.29, 0.717) is 5.56 Å². The molecule has 0 aromatic heterocycles. The molecule has 1 aromatic carbocycles. The predicted octanol–water partition coefficient (Wildman–Crippen LogP) is 0.776. The quantitative estimate of drug-likeness (QED) is 0.637. The first-order chi connectivity index (χ1) is 7.15. The minimum absolute atomic E-state index is 0.169. The molecule has 0 aliphatic carbocycles. The standard InChI is InChI=1S/C11H13NO3/c12-10(7-13)9-4-2-1-3-8(9)5-6-11(14)15/h1-6,10,13H,7,12H2,(H,14,15)/b6-5+/t10-/m0/s1. The van der Waals surface area contributed by atoms with Crippen molar-refractivity contribution in [2.75, 3.05) is 6.61 Å². The molecule has 4 heteroatoms. The molecule has 0 aliphatic rings. The largest absolute Gasteiger partial charge is 0.478 e. The number of nitrogens with two attached hydrogens (primary N) is 1. The van der Waals surface area contributed by atoms with Gasteiger partial charge in [0.1, 0.15) is 0 Å². The van der Waals surface area contributed by atoms with Gasteiger partial charge in [0.15, 0.2) is 0 Å². The second-order valence-corrected chi connectivity index (χ2v) is 3.09. The molecule has 0 saturated carbocycles. The van der Waals surface area contributed by atoms with Crippen LogP contribution in [0.2, 0.25) is 0 Å². The first-order valence-corrected chi connectivity index (χ1v) is 4.51. The molecular formula is C11H13NO3. The average Bonchev–Trinajstić information content (AvgIpc) is 2.25. The number of hydrogen-bond donors (Lipinski definition) is 3. The summed E-state index contributed by atoms with van der Waals surface area (Å²) in [6.45, 7) is -0.169. The van der Waals surface area contributed by atoms with Crippen LogP contribution in [0.25, 0.3) is 6.08 Å². The van der Waals surface area contributed by atoms with Gasteiger partial charge in [-0.3, -0.25) is 0 Å². The molecule has 4 N–H and O–H groups in total. The maximum atomic E-state index is 10.4. The summed E-state index contributed by atoms with van der Waals surface area (Å²) in [4.78, 5) is 10.4. The molecular weight excluding hydrogens is 194 g/mol. The summed E-state index contributed by atoms with van der Waals surface area (Å²) in [5.74, 6) is -1.01. The molecule has 0 bridgehead atoms. The number of aliphatic hydroxyl groups is 1. The Labute approximate surface area is 87.7 Å². The Bertz CT molecular complexity index is 374. The Morgan fingerprint density at radius 1 is 1.47 bits per heavy atom. The van der Waals surface area contributed by atoms with Gasteiger partial charge in [-0.2, -0.15) is 0 Å². The van der Waals surface area contributed by atoms with Crippen LogP contribution in [0.1, 0.15) is 17.2 Å². The van der Waals surface area contributed by atoms with Crippen LogP contribution in [0, 0.1) is 0 Å². The molecule has 1 rings (SSSR count). The van der Waals surface area contributed by atoms with E-state index in [1.54, 1.807) is 24.3 Å². The van der Waals surface area contributed by atoms with Gasteiger partial charge in [0.05, 0.1) is 12.6 Å². The highest BCUT2D eigenvalue weighted by Crippen LogP contribution is 2.16. The molecule has 80 valence electrons. The number of benzene rings is 1. The van der Waals surface area contributed by atoms with Crippen LogP contribution in [-0.2, 0) is 4.79 Å². The van der Waals surface area contributed by atoms with Gasteiger partial charge in [-0.15, -0.1) is 0 Å². The highest BCUT2D eigenvalue weighted by molar-refractivity contribution is 5.85. The Hall–Kier alpha value is -1.65. The summed E-state index contributed by atoms with van der Waals surface area (Å²) in [6.07, 6.45) is 2.51. The van der Waals surface area contributed by atoms with Gasteiger partial charge in [0.25, 0.3) is 0 Å². The van der Waals surface area contributed by atoms with Crippen LogP contribution in [0.5, 0.6) is 0 Å². The van der Waals surface area contributed by atoms with Crippen LogP contribution in [0.15, 0.2) is 30.3 Å². The van der Waals surface area contributed by atoms with Crippen molar-refractivity contribution in [1.82, 2.24) is 0 Å². The van der Waals surface area contributed by atoms with E-state index >= 15 is 0 Å². The topological polar surface area (TPSA) is 83.5 Å². The van der Waals surface area contributed by atoms with Crippen LogP contribution >= 0.6 is 0 Å². The summed E-state index contributed by atoms with van der Waals surface area (Å²) in [5, 5.41) is 17.4. The maximum absolute atomic E-state index is 10.4. The third-order valence-electron chi connectivity index (χ3n) is 2.00. The number of hydrogen-bond acceptors (Lipinski definition) is 3. The third kappa shape index (κ3) is 3.19. The summed E-state index contributed by atoms with van der Waals surface area (Å²) in [7, 11) is 0. The van der Waals surface area contributed by atoms with Gasteiger partial charge >= 0.3 is 5.97 Å². The SMILES string of the molecule is N[C@@H](CO)c1ccccc1/C=C/C(=O)O. The molecule has 0 amide bonds. The number of carboxylic acids is 1. The van der Waals surface area contributed by atoms with E-state index in [9.17, 15) is 4.79 Å². The molecule has 1 aromatic rings. The van der Waals surface area contributed by atoms with E-state index < -0.39 is 12.0 Å². The van der Waals surface area contributed by atoms with Crippen molar-refractivity contribution >= 4 is 12.0 Å². The van der Waals surface area contributed by atoms with Crippen LogP contribution in [0.4, 0.5) is 0 Å².